The van der Waals surface area contributed by atoms with Crippen LogP contribution in [0.1, 0.15) is 18.5 Å². The molecule has 1 aromatic rings. The zero-order valence-corrected chi connectivity index (χ0v) is 12.1. The van der Waals surface area contributed by atoms with Gasteiger partial charge < -0.3 is 11.1 Å². The molecule has 0 bridgehead atoms. The molecule has 0 spiro atoms. The molecule has 0 aromatic carbocycles. The number of amides is 1. The van der Waals surface area contributed by atoms with Gasteiger partial charge in [-0.3, -0.25) is 9.78 Å². The number of sulfonamides is 1. The van der Waals surface area contributed by atoms with Crippen molar-refractivity contribution in [1.29, 1.82) is 0 Å². The first-order valence-corrected chi connectivity index (χ1v) is 7.86. The van der Waals surface area contributed by atoms with Crippen LogP contribution < -0.4 is 15.8 Å². The van der Waals surface area contributed by atoms with Crippen LogP contribution in [0, 0.1) is 0 Å². The van der Waals surface area contributed by atoms with Crippen molar-refractivity contribution >= 4 is 33.1 Å². The summed E-state index contributed by atoms with van der Waals surface area (Å²) in [6.45, 7) is 0.558. The SMILES string of the molecule is NC(=S)c1ncccc1S(=O)(=O)NC1CCCNC1=O. The van der Waals surface area contributed by atoms with Crippen molar-refractivity contribution < 1.29 is 13.2 Å². The number of hydrogen-bond donors (Lipinski definition) is 3. The molecule has 4 N–H and O–H groups in total. The molecule has 20 heavy (non-hydrogen) atoms. The van der Waals surface area contributed by atoms with Gasteiger partial charge in [-0.2, -0.15) is 4.72 Å². The fourth-order valence-corrected chi connectivity index (χ4v) is 3.56. The largest absolute Gasteiger partial charge is 0.388 e. The monoisotopic (exact) mass is 314 g/mol. The number of piperidine rings is 1. The van der Waals surface area contributed by atoms with Crippen molar-refractivity contribution in [3.05, 3.63) is 24.0 Å². The van der Waals surface area contributed by atoms with E-state index in [2.05, 4.69) is 15.0 Å². The van der Waals surface area contributed by atoms with E-state index in [9.17, 15) is 13.2 Å². The first-order chi connectivity index (χ1) is 9.42. The second kappa shape index (κ2) is 5.81. The van der Waals surface area contributed by atoms with Gasteiger partial charge in [0.05, 0.1) is 0 Å². The Bertz CT molecular complexity index is 645. The summed E-state index contributed by atoms with van der Waals surface area (Å²) >= 11 is 4.79. The van der Waals surface area contributed by atoms with Crippen LogP contribution in [-0.4, -0.2) is 36.9 Å². The Labute approximate surface area is 122 Å². The third-order valence-corrected chi connectivity index (χ3v) is 4.57. The summed E-state index contributed by atoms with van der Waals surface area (Å²) in [5, 5.41) is 2.61. The lowest BCUT2D eigenvalue weighted by Gasteiger charge is -2.22. The fourth-order valence-electron chi connectivity index (χ4n) is 1.93. The van der Waals surface area contributed by atoms with Gasteiger partial charge in [0.25, 0.3) is 0 Å². The number of thiocarbonyl (C=S) groups is 1. The molecule has 1 atom stereocenters. The highest BCUT2D eigenvalue weighted by molar-refractivity contribution is 7.89. The molecule has 9 heteroatoms. The van der Waals surface area contributed by atoms with Crippen molar-refractivity contribution in [2.24, 2.45) is 5.73 Å². The molecule has 0 saturated carbocycles. The molecule has 0 aliphatic carbocycles. The molecule has 1 amide bonds. The molecule has 7 nitrogen and oxygen atoms in total. The van der Waals surface area contributed by atoms with Gasteiger partial charge in [0.15, 0.2) is 0 Å². The molecule has 2 rings (SSSR count). The standard InChI is InChI=1S/C11H14N4O3S2/c12-10(19)9-8(4-2-5-13-9)20(17,18)15-7-3-1-6-14-11(7)16/h2,4-5,7,15H,1,3,6H2,(H2,12,19)(H,14,16). The number of nitrogens with zero attached hydrogens (tertiary/aromatic N) is 1. The molecule has 1 unspecified atom stereocenters. The Hall–Kier alpha value is -1.58. The zero-order chi connectivity index (χ0) is 14.8. The van der Waals surface area contributed by atoms with Crippen molar-refractivity contribution in [2.75, 3.05) is 6.54 Å². The highest BCUT2D eigenvalue weighted by Gasteiger charge is 2.29. The minimum atomic E-state index is -3.91. The molecule has 1 aliphatic rings. The van der Waals surface area contributed by atoms with Crippen molar-refractivity contribution in [1.82, 2.24) is 15.0 Å². The van der Waals surface area contributed by atoms with E-state index in [1.54, 1.807) is 0 Å². The second-order valence-electron chi connectivity index (χ2n) is 4.32. The van der Waals surface area contributed by atoms with Crippen LogP contribution in [-0.2, 0) is 14.8 Å². The number of carbonyl (C=O) groups is 1. The van der Waals surface area contributed by atoms with Crippen LogP contribution in [0.25, 0.3) is 0 Å². The third-order valence-electron chi connectivity index (χ3n) is 2.88. The van der Waals surface area contributed by atoms with Gasteiger partial charge in [-0.05, 0) is 25.0 Å². The number of carbonyl (C=O) groups excluding carboxylic acids is 1. The van der Waals surface area contributed by atoms with Gasteiger partial charge in [0, 0.05) is 12.7 Å². The van der Waals surface area contributed by atoms with Crippen LogP contribution in [0.15, 0.2) is 23.2 Å². The Morgan fingerprint density at radius 1 is 1.55 bits per heavy atom. The summed E-state index contributed by atoms with van der Waals surface area (Å²) in [4.78, 5) is 15.3. The van der Waals surface area contributed by atoms with Crippen LogP contribution in [0.4, 0.5) is 0 Å². The van der Waals surface area contributed by atoms with E-state index in [-0.39, 0.29) is 21.5 Å². The van der Waals surface area contributed by atoms with Gasteiger partial charge in [0.2, 0.25) is 15.9 Å². The average Bonchev–Trinajstić information content (AvgIpc) is 2.41. The number of pyridine rings is 1. The molecular formula is C11H14N4O3S2. The van der Waals surface area contributed by atoms with E-state index in [1.165, 1.54) is 18.3 Å². The molecular weight excluding hydrogens is 300 g/mol. The highest BCUT2D eigenvalue weighted by Crippen LogP contribution is 2.15. The summed E-state index contributed by atoms with van der Waals surface area (Å²) in [6, 6.07) is 2.04. The predicted octanol–water partition coefficient (Wildman–Crippen LogP) is -0.727. The Morgan fingerprint density at radius 2 is 2.30 bits per heavy atom. The van der Waals surface area contributed by atoms with E-state index in [0.29, 0.717) is 19.4 Å². The lowest BCUT2D eigenvalue weighted by Crippen LogP contribution is -2.50. The van der Waals surface area contributed by atoms with E-state index < -0.39 is 16.1 Å². The first kappa shape index (κ1) is 14.8. The van der Waals surface area contributed by atoms with Crippen molar-refractivity contribution in [3.8, 4) is 0 Å². The average molecular weight is 314 g/mol. The molecule has 108 valence electrons. The Kier molecular flexibility index (Phi) is 4.31. The number of aromatic nitrogens is 1. The second-order valence-corrected chi connectivity index (χ2v) is 6.44. The molecule has 1 aromatic heterocycles. The molecule has 1 aliphatic heterocycles. The maximum Gasteiger partial charge on any atom is 0.243 e. The minimum absolute atomic E-state index is 0.0196. The van der Waals surface area contributed by atoms with Crippen LogP contribution >= 0.6 is 12.2 Å². The third kappa shape index (κ3) is 3.11. The van der Waals surface area contributed by atoms with Gasteiger partial charge in [-0.1, -0.05) is 12.2 Å². The summed E-state index contributed by atoms with van der Waals surface area (Å²) in [7, 11) is -3.91. The first-order valence-electron chi connectivity index (χ1n) is 5.96. The zero-order valence-electron chi connectivity index (χ0n) is 10.5. The van der Waals surface area contributed by atoms with Crippen molar-refractivity contribution in [3.63, 3.8) is 0 Å². The molecule has 1 saturated heterocycles. The van der Waals surface area contributed by atoms with E-state index >= 15 is 0 Å². The van der Waals surface area contributed by atoms with Gasteiger partial charge in [0.1, 0.15) is 21.6 Å². The van der Waals surface area contributed by atoms with E-state index in [4.69, 9.17) is 18.0 Å². The highest BCUT2D eigenvalue weighted by atomic mass is 32.2. The molecule has 1 fully saturated rings. The smallest absolute Gasteiger partial charge is 0.243 e. The van der Waals surface area contributed by atoms with Crippen molar-refractivity contribution in [2.45, 2.75) is 23.8 Å². The van der Waals surface area contributed by atoms with Crippen LogP contribution in [0.5, 0.6) is 0 Å². The summed E-state index contributed by atoms with van der Waals surface area (Å²) in [5.41, 5.74) is 5.49. The fraction of sp³-hybridized carbons (Fsp3) is 0.364. The molecule has 0 radical (unpaired) electrons. The number of rotatable bonds is 4. The lowest BCUT2D eigenvalue weighted by atomic mass is 10.1. The normalized spacial score (nSPS) is 19.4. The number of nitrogens with one attached hydrogen (secondary N) is 2. The Morgan fingerprint density at radius 3 is 2.95 bits per heavy atom. The van der Waals surface area contributed by atoms with Crippen LogP contribution in [0.2, 0.25) is 0 Å². The quantitative estimate of drug-likeness (QED) is 0.632. The lowest BCUT2D eigenvalue weighted by molar-refractivity contribution is -0.124. The van der Waals surface area contributed by atoms with Gasteiger partial charge >= 0.3 is 0 Å². The predicted molar refractivity (Wildman–Crippen MR) is 76.5 cm³/mol. The summed E-state index contributed by atoms with van der Waals surface area (Å²) < 4.78 is 27.0. The molecule has 2 heterocycles. The Balaban J connectivity index is 2.31. The maximum atomic E-state index is 12.3. The van der Waals surface area contributed by atoms with Gasteiger partial charge in [-0.25, -0.2) is 8.42 Å². The number of nitrogens with two attached hydrogens (primary N) is 1. The minimum Gasteiger partial charge on any atom is -0.388 e. The summed E-state index contributed by atoms with van der Waals surface area (Å²) in [5.74, 6) is -0.333. The summed E-state index contributed by atoms with van der Waals surface area (Å²) in [6.07, 6.45) is 2.57. The van der Waals surface area contributed by atoms with E-state index in [0.717, 1.165) is 0 Å². The topological polar surface area (TPSA) is 114 Å². The van der Waals surface area contributed by atoms with E-state index in [1.807, 2.05) is 0 Å². The number of hydrogen-bond acceptors (Lipinski definition) is 5. The van der Waals surface area contributed by atoms with Gasteiger partial charge in [-0.15, -0.1) is 0 Å². The van der Waals surface area contributed by atoms with Crippen LogP contribution in [0.3, 0.4) is 0 Å². The maximum absolute atomic E-state index is 12.3.